The summed E-state index contributed by atoms with van der Waals surface area (Å²) in [7, 11) is 0. The first kappa shape index (κ1) is 18.3. The van der Waals surface area contributed by atoms with Gasteiger partial charge < -0.3 is 16.2 Å². The second-order valence-electron chi connectivity index (χ2n) is 6.82. The van der Waals surface area contributed by atoms with Crippen LogP contribution in [0.5, 0.6) is 0 Å². The number of aromatic nitrogens is 3. The average Bonchev–Trinajstić information content (AvgIpc) is 2.95. The highest BCUT2D eigenvalue weighted by Crippen LogP contribution is 2.27. The zero-order valence-corrected chi connectivity index (χ0v) is 16.3. The Kier molecular flexibility index (Phi) is 4.72. The maximum atomic E-state index is 11.4. The molecule has 2 heterocycles. The Bertz CT molecular complexity index is 991. The summed E-state index contributed by atoms with van der Waals surface area (Å²) in [4.78, 5) is 15.9. The number of aryl methyl sites for hydroxylation is 1. The van der Waals surface area contributed by atoms with Crippen LogP contribution in [0.25, 0.3) is 16.9 Å². The molecule has 26 heavy (non-hydrogen) atoms. The van der Waals surface area contributed by atoms with Gasteiger partial charge in [0.05, 0.1) is 23.2 Å². The summed E-state index contributed by atoms with van der Waals surface area (Å²) < 4.78 is 2.35. The Morgan fingerprint density at radius 1 is 1.38 bits per heavy atom. The summed E-state index contributed by atoms with van der Waals surface area (Å²) in [6, 6.07) is 7.23. The molecule has 0 fully saturated rings. The number of hydrogen-bond donors (Lipinski definition) is 3. The lowest BCUT2D eigenvalue weighted by Crippen LogP contribution is -2.29. The predicted octanol–water partition coefficient (Wildman–Crippen LogP) is 2.75. The number of nitrogens with zero attached hydrogens (tertiary/aromatic N) is 3. The van der Waals surface area contributed by atoms with Gasteiger partial charge in [-0.2, -0.15) is 5.10 Å². The van der Waals surface area contributed by atoms with Gasteiger partial charge in [0.15, 0.2) is 5.65 Å². The molecule has 3 rings (SSSR count). The van der Waals surface area contributed by atoms with E-state index in [1.54, 1.807) is 30.6 Å². The fraction of sp³-hybridized carbons (Fsp3) is 0.278. The molecule has 136 valence electrons. The number of fused-ring (bicyclic) bond motifs is 1. The molecule has 0 spiro atoms. The topological polar surface area (TPSA) is 106 Å². The maximum Gasteiger partial charge on any atom is 0.248 e. The molecule has 1 aromatic carbocycles. The van der Waals surface area contributed by atoms with Crippen molar-refractivity contribution in [2.45, 2.75) is 26.4 Å². The van der Waals surface area contributed by atoms with Crippen molar-refractivity contribution in [2.24, 2.45) is 5.73 Å². The van der Waals surface area contributed by atoms with E-state index < -0.39 is 11.5 Å². The Hall–Kier alpha value is -2.45. The van der Waals surface area contributed by atoms with Crippen LogP contribution in [0, 0.1) is 6.92 Å². The zero-order chi connectivity index (χ0) is 19.1. The van der Waals surface area contributed by atoms with Crippen molar-refractivity contribution in [1.29, 1.82) is 0 Å². The van der Waals surface area contributed by atoms with Gasteiger partial charge in [0.2, 0.25) is 5.91 Å². The largest absolute Gasteiger partial charge is 0.389 e. The molecule has 0 aliphatic rings. The van der Waals surface area contributed by atoms with Crippen molar-refractivity contribution in [3.05, 3.63) is 46.2 Å². The molecule has 1 amide bonds. The van der Waals surface area contributed by atoms with E-state index >= 15 is 0 Å². The molecule has 0 aliphatic carbocycles. The molecule has 4 N–H and O–H groups in total. The second-order valence-corrected chi connectivity index (χ2v) is 7.63. The van der Waals surface area contributed by atoms with Crippen molar-refractivity contribution < 1.29 is 9.90 Å². The number of carbonyl (C=O) groups excluding carboxylic acids is 1. The summed E-state index contributed by atoms with van der Waals surface area (Å²) in [5.41, 5.74) is 8.86. The normalized spacial score (nSPS) is 11.7. The molecule has 2 aromatic heterocycles. The summed E-state index contributed by atoms with van der Waals surface area (Å²) >= 11 is 3.42. The summed E-state index contributed by atoms with van der Waals surface area (Å²) in [5, 5.41) is 17.6. The minimum absolute atomic E-state index is 0.369. The van der Waals surface area contributed by atoms with Gasteiger partial charge in [-0.3, -0.25) is 4.79 Å². The van der Waals surface area contributed by atoms with E-state index in [0.717, 1.165) is 22.5 Å². The number of anilines is 1. The summed E-state index contributed by atoms with van der Waals surface area (Å²) in [6.07, 6.45) is 1.72. The monoisotopic (exact) mass is 417 g/mol. The molecule has 0 saturated carbocycles. The molecular weight excluding hydrogens is 398 g/mol. The van der Waals surface area contributed by atoms with E-state index in [1.165, 1.54) is 0 Å². The Balaban J connectivity index is 2.07. The van der Waals surface area contributed by atoms with Gasteiger partial charge >= 0.3 is 0 Å². The fourth-order valence-electron chi connectivity index (χ4n) is 2.68. The molecule has 0 aliphatic heterocycles. The highest BCUT2D eigenvalue weighted by atomic mass is 79.9. The summed E-state index contributed by atoms with van der Waals surface area (Å²) in [6.45, 7) is 5.67. The lowest BCUT2D eigenvalue weighted by atomic mass is 10.0. The number of nitrogens with one attached hydrogen (secondary N) is 1. The number of aliphatic hydroxyl groups is 1. The SMILES string of the molecule is Cc1cc(-c2cnc3c(NCC(C)(C)O)cc(Br)nn23)ccc1C(N)=O. The molecular formula is C18H20BrN5O2. The van der Waals surface area contributed by atoms with Crippen LogP contribution in [0.4, 0.5) is 5.69 Å². The summed E-state index contributed by atoms with van der Waals surface area (Å²) in [5.74, 6) is -0.453. The molecule has 0 atom stereocenters. The Morgan fingerprint density at radius 3 is 2.73 bits per heavy atom. The fourth-order valence-corrected chi connectivity index (χ4v) is 3.06. The number of imidazole rings is 1. The lowest BCUT2D eigenvalue weighted by Gasteiger charge is -2.18. The van der Waals surface area contributed by atoms with E-state index in [4.69, 9.17) is 5.73 Å². The van der Waals surface area contributed by atoms with Gasteiger partial charge in [0.25, 0.3) is 0 Å². The number of benzene rings is 1. The number of hydrogen-bond acceptors (Lipinski definition) is 5. The first-order valence-corrected chi connectivity index (χ1v) is 8.86. The van der Waals surface area contributed by atoms with E-state index in [9.17, 15) is 9.90 Å². The van der Waals surface area contributed by atoms with E-state index in [1.807, 2.05) is 25.1 Å². The first-order chi connectivity index (χ1) is 12.2. The van der Waals surface area contributed by atoms with E-state index in [2.05, 4.69) is 31.3 Å². The van der Waals surface area contributed by atoms with Crippen LogP contribution in [-0.4, -0.2) is 37.8 Å². The maximum absolute atomic E-state index is 11.4. The number of primary amides is 1. The second kappa shape index (κ2) is 6.69. The quantitative estimate of drug-likeness (QED) is 0.591. The van der Waals surface area contributed by atoms with Crippen LogP contribution in [0.15, 0.2) is 35.1 Å². The van der Waals surface area contributed by atoms with Gasteiger partial charge in [-0.25, -0.2) is 9.50 Å². The highest BCUT2D eigenvalue weighted by Gasteiger charge is 2.17. The minimum atomic E-state index is -0.857. The molecule has 0 bridgehead atoms. The number of carbonyl (C=O) groups is 1. The minimum Gasteiger partial charge on any atom is -0.389 e. The van der Waals surface area contributed by atoms with Crippen molar-refractivity contribution in [1.82, 2.24) is 14.6 Å². The van der Waals surface area contributed by atoms with Crippen molar-refractivity contribution >= 4 is 33.2 Å². The number of nitrogens with two attached hydrogens (primary N) is 1. The molecule has 7 nitrogen and oxygen atoms in total. The van der Waals surface area contributed by atoms with Gasteiger partial charge in [-0.15, -0.1) is 0 Å². The van der Waals surface area contributed by atoms with E-state index in [-0.39, 0.29) is 0 Å². The van der Waals surface area contributed by atoms with E-state index in [0.29, 0.717) is 22.4 Å². The van der Waals surface area contributed by atoms with Gasteiger partial charge in [0, 0.05) is 17.7 Å². The molecule has 0 radical (unpaired) electrons. The number of rotatable bonds is 5. The molecule has 0 unspecified atom stereocenters. The van der Waals surface area contributed by atoms with Gasteiger partial charge in [0.1, 0.15) is 4.60 Å². The van der Waals surface area contributed by atoms with Crippen LogP contribution < -0.4 is 11.1 Å². The third kappa shape index (κ3) is 3.71. The van der Waals surface area contributed by atoms with Gasteiger partial charge in [-0.05, 0) is 60.5 Å². The third-order valence-corrected chi connectivity index (χ3v) is 4.32. The Labute approximate surface area is 159 Å². The third-order valence-electron chi connectivity index (χ3n) is 3.94. The van der Waals surface area contributed by atoms with Crippen LogP contribution in [0.3, 0.4) is 0 Å². The van der Waals surface area contributed by atoms with Crippen molar-refractivity contribution in [3.8, 4) is 11.3 Å². The molecule has 3 aromatic rings. The smallest absolute Gasteiger partial charge is 0.248 e. The Morgan fingerprint density at radius 2 is 2.12 bits per heavy atom. The lowest BCUT2D eigenvalue weighted by molar-refractivity contribution is 0.0944. The van der Waals surface area contributed by atoms with Crippen LogP contribution in [0.2, 0.25) is 0 Å². The first-order valence-electron chi connectivity index (χ1n) is 8.07. The molecule has 8 heteroatoms. The van der Waals surface area contributed by atoms with Crippen molar-refractivity contribution in [3.63, 3.8) is 0 Å². The standard InChI is InChI=1S/C18H20BrN5O2/c1-10-6-11(4-5-12(10)16(20)25)14-8-21-17-13(22-9-18(2,3)26)7-15(19)23-24(14)17/h4-8,22,26H,9H2,1-3H3,(H2,20,25). The van der Waals surface area contributed by atoms with Crippen molar-refractivity contribution in [2.75, 3.05) is 11.9 Å². The number of halogens is 1. The predicted molar refractivity (Wildman–Crippen MR) is 104 cm³/mol. The van der Waals surface area contributed by atoms with Gasteiger partial charge in [-0.1, -0.05) is 6.07 Å². The van der Waals surface area contributed by atoms with Crippen LogP contribution >= 0.6 is 15.9 Å². The number of amides is 1. The van der Waals surface area contributed by atoms with Crippen LogP contribution in [-0.2, 0) is 0 Å². The average molecular weight is 418 g/mol. The zero-order valence-electron chi connectivity index (χ0n) is 14.7. The molecule has 0 saturated heterocycles. The van der Waals surface area contributed by atoms with Crippen LogP contribution in [0.1, 0.15) is 29.8 Å². The highest BCUT2D eigenvalue weighted by molar-refractivity contribution is 9.10.